The fraction of sp³-hybridized carbons (Fsp3) is 0.533. The van der Waals surface area contributed by atoms with Crippen LogP contribution in [0.15, 0.2) is 59.1 Å². The highest BCUT2D eigenvalue weighted by Gasteiger charge is 2.12. The molecule has 0 aliphatic heterocycles. The molecule has 196 valence electrons. The summed E-state index contributed by atoms with van der Waals surface area (Å²) >= 11 is 0. The lowest BCUT2D eigenvalue weighted by molar-refractivity contribution is -0.131. The Morgan fingerprint density at radius 1 is 0.829 bits per heavy atom. The Balaban J connectivity index is 0.00000209. The molecule has 1 heterocycles. The van der Waals surface area contributed by atoms with Gasteiger partial charge in [0.2, 0.25) is 0 Å². The maximum Gasteiger partial charge on any atom is 0.328 e. The first-order valence-corrected chi connectivity index (χ1v) is 13.0. The highest BCUT2D eigenvalue weighted by atomic mass is 16.5. The van der Waals surface area contributed by atoms with E-state index in [4.69, 9.17) is 14.3 Å². The summed E-state index contributed by atoms with van der Waals surface area (Å²) in [6.45, 7) is 9.46. The number of ether oxygens (including phenoxy) is 1. The summed E-state index contributed by atoms with van der Waals surface area (Å²) in [5.41, 5.74) is 0.496. The van der Waals surface area contributed by atoms with Crippen molar-refractivity contribution in [3.05, 3.63) is 66.2 Å². The van der Waals surface area contributed by atoms with E-state index in [1.54, 1.807) is 19.1 Å². The van der Waals surface area contributed by atoms with E-state index in [9.17, 15) is 9.59 Å². The molecule has 0 saturated carbocycles. The van der Waals surface area contributed by atoms with Crippen LogP contribution in [0, 0.1) is 0 Å². The number of ketones is 1. The van der Waals surface area contributed by atoms with Crippen molar-refractivity contribution in [3.8, 4) is 0 Å². The minimum Gasteiger partial charge on any atom is -0.478 e. The minimum absolute atomic E-state index is 0.0226. The van der Waals surface area contributed by atoms with Crippen LogP contribution in [0.3, 0.4) is 0 Å². The number of carboxylic acid groups (broad SMARTS) is 1. The van der Waals surface area contributed by atoms with Gasteiger partial charge in [-0.15, -0.1) is 0 Å². The zero-order chi connectivity index (χ0) is 26.2. The van der Waals surface area contributed by atoms with Gasteiger partial charge in [-0.3, -0.25) is 4.79 Å². The van der Waals surface area contributed by atoms with Crippen molar-refractivity contribution in [2.24, 2.45) is 0 Å². The molecule has 0 saturated heterocycles. The summed E-state index contributed by atoms with van der Waals surface area (Å²) in [7, 11) is 0. The van der Waals surface area contributed by atoms with Crippen molar-refractivity contribution in [2.45, 2.75) is 91.9 Å². The molecule has 1 rings (SSSR count). The number of Topliss-reactive ketones (excluding diaryl/α,β-unsaturated/α-hetero) is 1. The summed E-state index contributed by atoms with van der Waals surface area (Å²) in [5.74, 6) is -0.313. The zero-order valence-electron chi connectivity index (χ0n) is 22.3. The number of carbonyl (C=O) groups is 2. The molecule has 0 bridgehead atoms. The first-order chi connectivity index (χ1) is 17.0. The Labute approximate surface area is 212 Å². The zero-order valence-corrected chi connectivity index (χ0v) is 22.3. The molecule has 0 unspecified atom stereocenters. The Hall–Kier alpha value is -2.66. The van der Waals surface area contributed by atoms with Crippen LogP contribution in [0.5, 0.6) is 0 Å². The Morgan fingerprint density at radius 2 is 1.40 bits per heavy atom. The van der Waals surface area contributed by atoms with E-state index in [1.165, 1.54) is 12.8 Å². The van der Waals surface area contributed by atoms with Crippen LogP contribution in [-0.4, -0.2) is 30.1 Å². The second-order valence-electron chi connectivity index (χ2n) is 8.13. The minimum atomic E-state index is -1.03. The molecule has 1 N–H and O–H groups in total. The van der Waals surface area contributed by atoms with Crippen molar-refractivity contribution < 1.29 is 23.8 Å². The highest BCUT2D eigenvalue weighted by Crippen LogP contribution is 2.19. The molecule has 0 atom stereocenters. The van der Waals surface area contributed by atoms with Gasteiger partial charge in [0.15, 0.2) is 11.5 Å². The number of unbranched alkanes of at least 4 members (excludes halogenated alkanes) is 5. The van der Waals surface area contributed by atoms with Crippen molar-refractivity contribution in [1.82, 2.24) is 0 Å². The van der Waals surface area contributed by atoms with E-state index in [-0.39, 0.29) is 5.78 Å². The summed E-state index contributed by atoms with van der Waals surface area (Å²) < 4.78 is 10.3. The van der Waals surface area contributed by atoms with Crippen molar-refractivity contribution in [3.63, 3.8) is 0 Å². The molecule has 0 aromatic carbocycles. The summed E-state index contributed by atoms with van der Waals surface area (Å²) in [4.78, 5) is 22.9. The van der Waals surface area contributed by atoms with E-state index >= 15 is 0 Å². The van der Waals surface area contributed by atoms with Crippen LogP contribution in [0.4, 0.5) is 0 Å². The van der Waals surface area contributed by atoms with Gasteiger partial charge in [0.1, 0.15) is 5.76 Å². The average molecular weight is 487 g/mol. The molecule has 5 heteroatoms. The van der Waals surface area contributed by atoms with Crippen LogP contribution < -0.4 is 0 Å². The predicted octanol–water partition coefficient (Wildman–Crippen LogP) is 8.58. The summed E-state index contributed by atoms with van der Waals surface area (Å²) in [6.07, 6.45) is 24.4. The molecule has 1 aromatic rings. The maximum absolute atomic E-state index is 12.2. The van der Waals surface area contributed by atoms with Gasteiger partial charge in [0.05, 0.1) is 0 Å². The van der Waals surface area contributed by atoms with E-state index in [0.29, 0.717) is 23.5 Å². The molecule has 0 amide bonds. The highest BCUT2D eigenvalue weighted by molar-refractivity contribution is 5.94. The number of carbonyl (C=O) groups excluding carboxylic acids is 1. The quantitative estimate of drug-likeness (QED) is 0.0973. The average Bonchev–Trinajstić information content (AvgIpc) is 3.33. The maximum atomic E-state index is 12.2. The number of carboxylic acids is 1. The van der Waals surface area contributed by atoms with Crippen LogP contribution in [0.25, 0.3) is 5.57 Å². The van der Waals surface area contributed by atoms with Crippen LogP contribution in [-0.2, 0) is 9.53 Å². The molecule has 0 fully saturated rings. The molecule has 1 aromatic heterocycles. The molecular weight excluding hydrogens is 440 g/mol. The summed E-state index contributed by atoms with van der Waals surface area (Å²) in [5, 5.41) is 8.77. The third-order valence-corrected chi connectivity index (χ3v) is 5.07. The molecule has 35 heavy (non-hydrogen) atoms. The van der Waals surface area contributed by atoms with Crippen molar-refractivity contribution in [1.29, 1.82) is 0 Å². The number of aliphatic carboxylic acids is 1. The largest absolute Gasteiger partial charge is 0.478 e. The van der Waals surface area contributed by atoms with Crippen molar-refractivity contribution >= 4 is 17.3 Å². The second-order valence-corrected chi connectivity index (χ2v) is 8.13. The monoisotopic (exact) mass is 486 g/mol. The number of hydrogen-bond donors (Lipinski definition) is 1. The number of furan rings is 1. The Kier molecular flexibility index (Phi) is 21.3. The topological polar surface area (TPSA) is 76.7 Å². The van der Waals surface area contributed by atoms with E-state index in [0.717, 1.165) is 64.2 Å². The van der Waals surface area contributed by atoms with Gasteiger partial charge in [0.25, 0.3) is 0 Å². The van der Waals surface area contributed by atoms with Gasteiger partial charge < -0.3 is 14.3 Å². The van der Waals surface area contributed by atoms with Crippen LogP contribution >= 0.6 is 0 Å². The summed E-state index contributed by atoms with van der Waals surface area (Å²) in [6, 6.07) is 3.27. The fourth-order valence-corrected chi connectivity index (χ4v) is 3.19. The molecule has 0 aliphatic carbocycles. The van der Waals surface area contributed by atoms with Gasteiger partial charge in [-0.05, 0) is 77.0 Å². The standard InChI is InChI=1S/C26H36O4.C4H10O/c1-3-4-5-6-7-8-9-10-11-12-13-14-15-16-17-18-23(27)25-20-19-24(30-25)22(2)21-26(28)29;1-3-5-4-2/h4-5,7-8,10-11,19-21H,3,6,9,12-18H2,1-2H3,(H,28,29);3-4H2,1-2H3/b5-4+,8-7+,11-10+,22-21-;. The predicted molar refractivity (Wildman–Crippen MR) is 146 cm³/mol. The normalized spacial score (nSPS) is 11.9. The lowest BCUT2D eigenvalue weighted by atomic mass is 10.1. The number of rotatable bonds is 18. The number of hydrogen-bond acceptors (Lipinski definition) is 4. The van der Waals surface area contributed by atoms with Gasteiger partial charge in [0, 0.05) is 25.7 Å². The van der Waals surface area contributed by atoms with Gasteiger partial charge in [-0.1, -0.05) is 62.6 Å². The van der Waals surface area contributed by atoms with E-state index in [2.05, 4.69) is 43.4 Å². The van der Waals surface area contributed by atoms with Gasteiger partial charge >= 0.3 is 5.97 Å². The molecular formula is C30H46O5. The van der Waals surface area contributed by atoms with E-state index < -0.39 is 5.97 Å². The Bertz CT molecular complexity index is 793. The molecule has 0 aliphatic rings. The smallest absolute Gasteiger partial charge is 0.328 e. The van der Waals surface area contributed by atoms with E-state index in [1.807, 2.05) is 13.8 Å². The number of allylic oxidation sites excluding steroid dienone is 7. The van der Waals surface area contributed by atoms with Crippen LogP contribution in [0.1, 0.15) is 108 Å². The molecule has 5 nitrogen and oxygen atoms in total. The van der Waals surface area contributed by atoms with Gasteiger partial charge in [-0.2, -0.15) is 0 Å². The lowest BCUT2D eigenvalue weighted by Gasteiger charge is -2.00. The molecule has 0 radical (unpaired) electrons. The molecule has 0 spiro atoms. The fourth-order valence-electron chi connectivity index (χ4n) is 3.19. The third kappa shape index (κ3) is 19.3. The second kappa shape index (κ2) is 23.1. The first kappa shape index (κ1) is 32.3. The first-order valence-electron chi connectivity index (χ1n) is 13.0. The third-order valence-electron chi connectivity index (χ3n) is 5.07. The van der Waals surface area contributed by atoms with Gasteiger partial charge in [-0.25, -0.2) is 4.79 Å². The van der Waals surface area contributed by atoms with Crippen LogP contribution in [0.2, 0.25) is 0 Å². The van der Waals surface area contributed by atoms with Crippen molar-refractivity contribution in [2.75, 3.05) is 13.2 Å². The lowest BCUT2D eigenvalue weighted by Crippen LogP contribution is -1.97. The Morgan fingerprint density at radius 3 is 2.00 bits per heavy atom. The SMILES string of the molecule is CC/C=C/C/C=C/C/C=C/CCCCCCCC(=O)c1ccc(/C(C)=C\C(=O)O)o1.CCOCC.